The number of fused-ring (bicyclic) bond motifs is 1. The molecule has 3 aromatic rings. The molecule has 0 unspecified atom stereocenters. The number of hydrogen-bond acceptors (Lipinski definition) is 4. The molecular formula is C14H11N3O4. The van der Waals surface area contributed by atoms with E-state index in [0.717, 1.165) is 0 Å². The van der Waals surface area contributed by atoms with Gasteiger partial charge in [0, 0.05) is 17.1 Å². The van der Waals surface area contributed by atoms with Crippen LogP contribution in [0.2, 0.25) is 0 Å². The molecule has 3 rings (SSSR count). The van der Waals surface area contributed by atoms with Crippen LogP contribution in [0.3, 0.4) is 0 Å². The average molecular weight is 285 g/mol. The minimum absolute atomic E-state index is 0.132. The number of nitrogens with zero attached hydrogens (tertiary/aromatic N) is 2. The Bertz CT molecular complexity index is 847. The molecule has 3 N–H and O–H groups in total. The molecule has 0 aliphatic rings. The lowest BCUT2D eigenvalue weighted by Crippen LogP contribution is -2.10. The summed E-state index contributed by atoms with van der Waals surface area (Å²) in [5.41, 5.74) is 6.42. The van der Waals surface area contributed by atoms with Gasteiger partial charge in [0.25, 0.3) is 5.91 Å². The maximum absolute atomic E-state index is 11.3. The third kappa shape index (κ3) is 2.25. The van der Waals surface area contributed by atoms with Crippen LogP contribution in [0.25, 0.3) is 11.0 Å². The Labute approximate surface area is 118 Å². The lowest BCUT2D eigenvalue weighted by molar-refractivity contribution is 0.0663. The van der Waals surface area contributed by atoms with Crippen LogP contribution in [0.4, 0.5) is 0 Å². The predicted octanol–water partition coefficient (Wildman–Crippen LogP) is 1.47. The maximum Gasteiger partial charge on any atom is 0.372 e. The first kappa shape index (κ1) is 12.9. The van der Waals surface area contributed by atoms with Crippen molar-refractivity contribution in [2.24, 2.45) is 5.73 Å². The first-order valence-corrected chi connectivity index (χ1v) is 6.12. The van der Waals surface area contributed by atoms with Gasteiger partial charge in [0.05, 0.1) is 18.3 Å². The molecule has 106 valence electrons. The summed E-state index contributed by atoms with van der Waals surface area (Å²) >= 11 is 0. The fourth-order valence-electron chi connectivity index (χ4n) is 2.17. The van der Waals surface area contributed by atoms with E-state index in [1.807, 2.05) is 0 Å². The Morgan fingerprint density at radius 1 is 1.33 bits per heavy atom. The normalized spacial score (nSPS) is 10.9. The van der Waals surface area contributed by atoms with Crippen molar-refractivity contribution in [3.8, 4) is 0 Å². The highest BCUT2D eigenvalue weighted by Crippen LogP contribution is 2.26. The molecule has 1 amide bonds. The summed E-state index contributed by atoms with van der Waals surface area (Å²) in [7, 11) is 0. The van der Waals surface area contributed by atoms with Crippen molar-refractivity contribution >= 4 is 22.8 Å². The second-order valence-corrected chi connectivity index (χ2v) is 4.50. The van der Waals surface area contributed by atoms with Crippen LogP contribution in [-0.4, -0.2) is 26.8 Å². The molecule has 2 heterocycles. The Morgan fingerprint density at radius 3 is 2.76 bits per heavy atom. The van der Waals surface area contributed by atoms with Crippen molar-refractivity contribution in [3.05, 3.63) is 53.5 Å². The number of carboxylic acid groups (broad SMARTS) is 1. The minimum atomic E-state index is -1.15. The van der Waals surface area contributed by atoms with Crippen LogP contribution in [-0.2, 0) is 6.54 Å². The quantitative estimate of drug-likeness (QED) is 0.754. The monoisotopic (exact) mass is 285 g/mol. The van der Waals surface area contributed by atoms with Crippen molar-refractivity contribution in [2.45, 2.75) is 6.54 Å². The van der Waals surface area contributed by atoms with Crippen molar-refractivity contribution in [3.63, 3.8) is 0 Å². The molecule has 0 bridgehead atoms. The molecule has 0 aliphatic carbocycles. The summed E-state index contributed by atoms with van der Waals surface area (Å²) < 4.78 is 6.80. The number of furan rings is 1. The number of aromatic carboxylic acids is 1. The van der Waals surface area contributed by atoms with Crippen LogP contribution >= 0.6 is 0 Å². The average Bonchev–Trinajstić information content (AvgIpc) is 3.05. The van der Waals surface area contributed by atoms with Crippen LogP contribution in [0.1, 0.15) is 26.5 Å². The molecule has 0 atom stereocenters. The zero-order valence-electron chi connectivity index (χ0n) is 10.8. The minimum Gasteiger partial charge on any atom is -0.475 e. The highest BCUT2D eigenvalue weighted by atomic mass is 16.4. The van der Waals surface area contributed by atoms with E-state index < -0.39 is 11.9 Å². The lowest BCUT2D eigenvalue weighted by Gasteiger charge is -2.01. The van der Waals surface area contributed by atoms with Gasteiger partial charge in [-0.25, -0.2) is 4.79 Å². The van der Waals surface area contributed by atoms with Crippen molar-refractivity contribution in [1.29, 1.82) is 0 Å². The van der Waals surface area contributed by atoms with Gasteiger partial charge in [-0.3, -0.25) is 9.48 Å². The van der Waals surface area contributed by atoms with Gasteiger partial charge in [0.1, 0.15) is 5.58 Å². The molecule has 0 spiro atoms. The molecule has 2 aromatic heterocycles. The highest BCUT2D eigenvalue weighted by molar-refractivity contribution is 5.95. The molecule has 7 nitrogen and oxygen atoms in total. The molecule has 21 heavy (non-hydrogen) atoms. The molecule has 0 aliphatic heterocycles. The van der Waals surface area contributed by atoms with Gasteiger partial charge in [-0.15, -0.1) is 0 Å². The standard InChI is InChI=1S/C14H11N3O4/c15-13(18)8-5-16-17(6-8)7-10-9-3-1-2-4-11(9)21-12(10)14(19)20/h1-6H,7H2,(H2,15,18)(H,19,20). The number of benzene rings is 1. The Kier molecular flexibility index (Phi) is 2.94. The van der Waals surface area contributed by atoms with E-state index in [0.29, 0.717) is 16.5 Å². The zero-order valence-corrected chi connectivity index (χ0v) is 10.8. The van der Waals surface area contributed by atoms with Gasteiger partial charge in [-0.05, 0) is 6.07 Å². The number of hydrogen-bond donors (Lipinski definition) is 2. The number of carbonyl (C=O) groups excluding carboxylic acids is 1. The molecule has 0 saturated heterocycles. The van der Waals surface area contributed by atoms with Crippen LogP contribution in [0.5, 0.6) is 0 Å². The Hall–Kier alpha value is -3.09. The number of carbonyl (C=O) groups is 2. The van der Waals surface area contributed by atoms with Gasteiger partial charge in [0.15, 0.2) is 0 Å². The number of carboxylic acids is 1. The first-order valence-electron chi connectivity index (χ1n) is 6.12. The molecule has 0 radical (unpaired) electrons. The number of rotatable bonds is 4. The molecule has 0 saturated carbocycles. The molecule has 0 fully saturated rings. The summed E-state index contributed by atoms with van der Waals surface area (Å²) in [5, 5.41) is 13.9. The van der Waals surface area contributed by atoms with Crippen molar-refractivity contribution in [2.75, 3.05) is 0 Å². The predicted molar refractivity (Wildman–Crippen MR) is 73.0 cm³/mol. The van der Waals surface area contributed by atoms with E-state index in [1.165, 1.54) is 17.1 Å². The topological polar surface area (TPSA) is 111 Å². The number of aromatic nitrogens is 2. The largest absolute Gasteiger partial charge is 0.475 e. The van der Waals surface area contributed by atoms with Crippen LogP contribution in [0.15, 0.2) is 41.1 Å². The second kappa shape index (κ2) is 4.78. The fourth-order valence-corrected chi connectivity index (χ4v) is 2.17. The van der Waals surface area contributed by atoms with E-state index in [-0.39, 0.29) is 17.9 Å². The summed E-state index contributed by atoms with van der Waals surface area (Å²) in [4.78, 5) is 22.4. The van der Waals surface area contributed by atoms with Gasteiger partial charge in [-0.2, -0.15) is 5.10 Å². The molecule has 7 heteroatoms. The van der Waals surface area contributed by atoms with E-state index in [4.69, 9.17) is 10.2 Å². The smallest absolute Gasteiger partial charge is 0.372 e. The summed E-state index contributed by atoms with van der Waals surface area (Å²) in [6.07, 6.45) is 2.81. The number of para-hydroxylation sites is 1. The summed E-state index contributed by atoms with van der Waals surface area (Å²) in [5.74, 6) is -1.87. The zero-order chi connectivity index (χ0) is 15.0. The number of primary amides is 1. The lowest BCUT2D eigenvalue weighted by atomic mass is 10.1. The van der Waals surface area contributed by atoms with Crippen LogP contribution in [0, 0.1) is 0 Å². The maximum atomic E-state index is 11.3. The van der Waals surface area contributed by atoms with Crippen LogP contribution < -0.4 is 5.73 Å². The Balaban J connectivity index is 2.07. The van der Waals surface area contributed by atoms with Gasteiger partial charge in [0.2, 0.25) is 5.76 Å². The molecular weight excluding hydrogens is 274 g/mol. The SMILES string of the molecule is NC(=O)c1cnn(Cc2c(C(=O)O)oc3ccccc23)c1. The third-order valence-electron chi connectivity index (χ3n) is 3.13. The number of nitrogens with two attached hydrogens (primary N) is 1. The highest BCUT2D eigenvalue weighted by Gasteiger charge is 2.20. The van der Waals surface area contributed by atoms with E-state index in [1.54, 1.807) is 24.3 Å². The molecule has 1 aromatic carbocycles. The van der Waals surface area contributed by atoms with E-state index >= 15 is 0 Å². The van der Waals surface area contributed by atoms with Crippen molar-refractivity contribution < 1.29 is 19.1 Å². The van der Waals surface area contributed by atoms with Gasteiger partial charge < -0.3 is 15.3 Å². The fraction of sp³-hybridized carbons (Fsp3) is 0.0714. The second-order valence-electron chi connectivity index (χ2n) is 4.50. The third-order valence-corrected chi connectivity index (χ3v) is 3.13. The van der Waals surface area contributed by atoms with E-state index in [9.17, 15) is 14.7 Å². The Morgan fingerprint density at radius 2 is 2.10 bits per heavy atom. The van der Waals surface area contributed by atoms with Gasteiger partial charge in [-0.1, -0.05) is 18.2 Å². The van der Waals surface area contributed by atoms with Crippen molar-refractivity contribution in [1.82, 2.24) is 9.78 Å². The van der Waals surface area contributed by atoms with E-state index in [2.05, 4.69) is 5.10 Å². The first-order chi connectivity index (χ1) is 10.1. The van der Waals surface area contributed by atoms with Gasteiger partial charge >= 0.3 is 5.97 Å². The summed E-state index contributed by atoms with van der Waals surface area (Å²) in [6, 6.07) is 7.04. The summed E-state index contributed by atoms with van der Waals surface area (Å²) in [6.45, 7) is 0.173. The number of amides is 1.